The molecule has 10 aromatic rings. The Morgan fingerprint density at radius 3 is 1.86 bits per heavy atom. The molecule has 0 spiro atoms. The summed E-state index contributed by atoms with van der Waals surface area (Å²) in [5.41, 5.74) is 16.5. The Morgan fingerprint density at radius 1 is 0.431 bits per heavy atom. The number of hydrogen-bond donors (Lipinski definition) is 0. The van der Waals surface area contributed by atoms with Gasteiger partial charge in [0.05, 0.1) is 22.1 Å². The van der Waals surface area contributed by atoms with E-state index in [-0.39, 0.29) is 0 Å². The first-order valence-electron chi connectivity index (χ1n) is 19.7. The lowest BCUT2D eigenvalue weighted by atomic mass is 9.94. The fraction of sp³-hybridized carbons (Fsp3) is 0.0566. The van der Waals surface area contributed by atoms with Crippen LogP contribution < -0.4 is 0 Å². The van der Waals surface area contributed by atoms with Crippen molar-refractivity contribution in [3.63, 3.8) is 0 Å². The third-order valence-corrected chi connectivity index (χ3v) is 12.4. The van der Waals surface area contributed by atoms with Crippen LogP contribution in [0.4, 0.5) is 13.2 Å². The summed E-state index contributed by atoms with van der Waals surface area (Å²) >= 11 is 0. The summed E-state index contributed by atoms with van der Waals surface area (Å²) < 4.78 is 44.8. The van der Waals surface area contributed by atoms with Gasteiger partial charge in [0.1, 0.15) is 0 Å². The minimum absolute atomic E-state index is 0.642. The lowest BCUT2D eigenvalue weighted by Crippen LogP contribution is -2.06. The predicted octanol–water partition coefficient (Wildman–Crippen LogP) is 14.8. The molecular formula is C53H33F3N2. The van der Waals surface area contributed by atoms with Crippen LogP contribution in [0.25, 0.3) is 105 Å². The number of aromatic nitrogens is 2. The minimum atomic E-state index is -4.38. The van der Waals surface area contributed by atoms with Crippen molar-refractivity contribution in [2.75, 3.05) is 0 Å². The molecule has 0 amide bonds. The zero-order valence-electron chi connectivity index (χ0n) is 31.2. The van der Waals surface area contributed by atoms with Crippen molar-refractivity contribution in [2.45, 2.75) is 19.0 Å². The molecule has 2 heterocycles. The van der Waals surface area contributed by atoms with Crippen molar-refractivity contribution in [1.29, 1.82) is 0 Å². The molecule has 0 saturated heterocycles. The largest absolute Gasteiger partial charge is 0.416 e. The number of fused-ring (bicyclic) bond motifs is 9. The molecule has 0 atom stereocenters. The smallest absolute Gasteiger partial charge is 0.313 e. The van der Waals surface area contributed by atoms with Gasteiger partial charge in [-0.15, -0.1) is 0 Å². The molecular weight excluding hydrogens is 722 g/mol. The van der Waals surface area contributed by atoms with E-state index in [1.165, 1.54) is 67.1 Å². The van der Waals surface area contributed by atoms with Crippen LogP contribution in [0.5, 0.6) is 0 Å². The first kappa shape index (κ1) is 33.1. The normalized spacial score (nSPS) is 13.2. The molecule has 8 aromatic carbocycles. The van der Waals surface area contributed by atoms with Crippen molar-refractivity contribution >= 4 is 49.6 Å². The van der Waals surface area contributed by atoms with Gasteiger partial charge in [0.2, 0.25) is 0 Å². The Bertz CT molecular complexity index is 3350. The standard InChI is InChI=1S/C53H33F3N2/c54-53(55,56)35-21-23-36(24-22-35)57-48-17-5-3-13-41(48)46-30-32(19-27-50(46)57)33-20-28-51-47(31-33)42-14-4-6-18-49(42)58(51)37-10-7-9-34(29-37)38-25-26-45-40-12-2-1-11-39(40)44-16-8-15-43(38)52(44)45/h1-4,6-16,18-31H,5,17H2. The van der Waals surface area contributed by atoms with E-state index in [1.807, 2.05) is 0 Å². The number of allylic oxidation sites excluding steroid dienone is 1. The van der Waals surface area contributed by atoms with Crippen LogP contribution in [0.1, 0.15) is 23.2 Å². The summed E-state index contributed by atoms with van der Waals surface area (Å²) in [6.45, 7) is 0. The fourth-order valence-electron chi connectivity index (χ4n) is 9.80. The summed E-state index contributed by atoms with van der Waals surface area (Å²) in [5, 5.41) is 6.03. The van der Waals surface area contributed by atoms with E-state index in [9.17, 15) is 13.2 Å². The molecule has 0 bridgehead atoms. The molecule has 0 saturated carbocycles. The van der Waals surface area contributed by atoms with Crippen molar-refractivity contribution in [3.05, 3.63) is 187 Å². The fourth-order valence-corrected chi connectivity index (χ4v) is 9.80. The van der Waals surface area contributed by atoms with Gasteiger partial charge < -0.3 is 9.13 Å². The van der Waals surface area contributed by atoms with Gasteiger partial charge in [-0.2, -0.15) is 13.2 Å². The van der Waals surface area contributed by atoms with E-state index < -0.39 is 11.7 Å². The molecule has 0 fully saturated rings. The van der Waals surface area contributed by atoms with Gasteiger partial charge in [-0.1, -0.05) is 109 Å². The highest BCUT2D eigenvalue weighted by Gasteiger charge is 2.30. The van der Waals surface area contributed by atoms with E-state index in [1.54, 1.807) is 12.1 Å². The second kappa shape index (κ2) is 12.2. The van der Waals surface area contributed by atoms with E-state index >= 15 is 0 Å². The van der Waals surface area contributed by atoms with Gasteiger partial charge in [0.25, 0.3) is 0 Å². The van der Waals surface area contributed by atoms with E-state index in [4.69, 9.17) is 0 Å². The Labute approximate surface area is 332 Å². The van der Waals surface area contributed by atoms with E-state index in [2.05, 4.69) is 161 Å². The number of hydrogen-bond acceptors (Lipinski definition) is 0. The molecule has 0 radical (unpaired) electrons. The number of rotatable bonds is 4. The summed E-state index contributed by atoms with van der Waals surface area (Å²) in [6, 6.07) is 56.2. The third kappa shape index (κ3) is 4.80. The van der Waals surface area contributed by atoms with Crippen LogP contribution >= 0.6 is 0 Å². The highest BCUT2D eigenvalue weighted by Crippen LogP contribution is 2.49. The van der Waals surface area contributed by atoms with Gasteiger partial charge in [0, 0.05) is 38.8 Å². The Kier molecular flexibility index (Phi) is 6.95. The van der Waals surface area contributed by atoms with Gasteiger partial charge >= 0.3 is 6.18 Å². The van der Waals surface area contributed by atoms with Crippen LogP contribution in [0.2, 0.25) is 0 Å². The maximum absolute atomic E-state index is 13.4. The first-order valence-corrected chi connectivity index (χ1v) is 19.7. The monoisotopic (exact) mass is 754 g/mol. The average Bonchev–Trinajstić information content (AvgIpc) is 3.90. The lowest BCUT2D eigenvalue weighted by Gasteiger charge is -2.14. The number of alkyl halides is 3. The maximum atomic E-state index is 13.4. The minimum Gasteiger partial charge on any atom is -0.313 e. The summed E-state index contributed by atoms with van der Waals surface area (Å²) in [7, 11) is 0. The molecule has 58 heavy (non-hydrogen) atoms. The zero-order chi connectivity index (χ0) is 38.7. The molecule has 0 N–H and O–H groups in total. The number of para-hydroxylation sites is 1. The molecule has 276 valence electrons. The molecule has 5 heteroatoms. The Hall–Kier alpha value is -7.11. The van der Waals surface area contributed by atoms with Crippen LogP contribution in [0.15, 0.2) is 170 Å². The molecule has 0 unspecified atom stereocenters. The van der Waals surface area contributed by atoms with E-state index in [0.29, 0.717) is 0 Å². The average molecular weight is 755 g/mol. The van der Waals surface area contributed by atoms with Crippen LogP contribution in [0, 0.1) is 0 Å². The molecule has 2 aliphatic carbocycles. The molecule has 2 aromatic heterocycles. The van der Waals surface area contributed by atoms with E-state index in [0.717, 1.165) is 68.5 Å². The predicted molar refractivity (Wildman–Crippen MR) is 233 cm³/mol. The quantitative estimate of drug-likeness (QED) is 0.169. The van der Waals surface area contributed by atoms with Crippen LogP contribution in [-0.2, 0) is 12.6 Å². The van der Waals surface area contributed by atoms with Crippen LogP contribution in [0.3, 0.4) is 0 Å². The van der Waals surface area contributed by atoms with Gasteiger partial charge in [0.15, 0.2) is 0 Å². The molecule has 2 nitrogen and oxygen atoms in total. The van der Waals surface area contributed by atoms with Crippen LogP contribution in [-0.4, -0.2) is 9.13 Å². The first-order chi connectivity index (χ1) is 28.4. The number of halogens is 3. The van der Waals surface area contributed by atoms with Gasteiger partial charge in [-0.25, -0.2) is 0 Å². The van der Waals surface area contributed by atoms with Crippen molar-refractivity contribution in [1.82, 2.24) is 9.13 Å². The Morgan fingerprint density at radius 2 is 1.07 bits per heavy atom. The molecule has 0 aliphatic heterocycles. The van der Waals surface area contributed by atoms with Crippen molar-refractivity contribution in [2.24, 2.45) is 0 Å². The van der Waals surface area contributed by atoms with Crippen molar-refractivity contribution < 1.29 is 13.2 Å². The summed E-state index contributed by atoms with van der Waals surface area (Å²) in [6.07, 6.45) is 1.68. The lowest BCUT2D eigenvalue weighted by molar-refractivity contribution is -0.137. The van der Waals surface area contributed by atoms with Gasteiger partial charge in [-0.05, 0) is 135 Å². The summed E-state index contributed by atoms with van der Waals surface area (Å²) in [4.78, 5) is 0. The second-order valence-corrected chi connectivity index (χ2v) is 15.5. The number of benzene rings is 8. The topological polar surface area (TPSA) is 9.86 Å². The Balaban J connectivity index is 0.975. The summed E-state index contributed by atoms with van der Waals surface area (Å²) in [5.74, 6) is 0. The highest BCUT2D eigenvalue weighted by atomic mass is 19.4. The van der Waals surface area contributed by atoms with Crippen molar-refractivity contribution in [3.8, 4) is 55.9 Å². The third-order valence-electron chi connectivity index (χ3n) is 12.4. The van der Waals surface area contributed by atoms with Gasteiger partial charge in [-0.3, -0.25) is 0 Å². The zero-order valence-corrected chi connectivity index (χ0v) is 31.2. The maximum Gasteiger partial charge on any atom is 0.416 e. The SMILES string of the molecule is FC(F)(F)c1ccc(-n2c3c(c4cc(-c5ccc6c(c5)c5ccccc5n6-c5cccc(-c6ccc7c8c(cccc68)-c6ccccc6-7)c5)ccc42)C=CCC3)cc1. The number of nitrogens with zero attached hydrogens (tertiary/aromatic N) is 2. The highest BCUT2D eigenvalue weighted by molar-refractivity contribution is 6.19. The molecule has 12 rings (SSSR count). The second-order valence-electron chi connectivity index (χ2n) is 15.5. The molecule has 2 aliphatic rings.